The molecule has 1 aromatic rings. The van der Waals surface area contributed by atoms with Crippen molar-refractivity contribution < 1.29 is 13.2 Å². The van der Waals surface area contributed by atoms with E-state index in [1.165, 1.54) is 22.1 Å². The highest BCUT2D eigenvalue weighted by molar-refractivity contribution is 7.91. The van der Waals surface area contributed by atoms with Crippen LogP contribution in [-0.4, -0.2) is 61.3 Å². The van der Waals surface area contributed by atoms with E-state index in [4.69, 9.17) is 0 Å². The number of amides is 1. The Balaban J connectivity index is 1.53. The lowest BCUT2D eigenvalue weighted by molar-refractivity contribution is -0.134. The quantitative estimate of drug-likeness (QED) is 0.871. The molecular weight excluding hydrogens is 346 g/mol. The van der Waals surface area contributed by atoms with Crippen molar-refractivity contribution in [2.75, 3.05) is 19.6 Å². The molecule has 0 aromatic carbocycles. The highest BCUT2D eigenvalue weighted by atomic mass is 32.2. The van der Waals surface area contributed by atoms with E-state index < -0.39 is 16.1 Å². The highest BCUT2D eigenvalue weighted by Gasteiger charge is 2.42. The number of thiophene rings is 1. The minimum Gasteiger partial charge on any atom is -0.340 e. The monoisotopic (exact) mass is 369 g/mol. The second-order valence-corrected chi connectivity index (χ2v) is 9.98. The number of carbonyl (C=O) groups excluding carboxylic acids is 1. The lowest BCUT2D eigenvalue weighted by Gasteiger charge is -2.30. The van der Waals surface area contributed by atoms with Gasteiger partial charge in [0.15, 0.2) is 0 Å². The lowest BCUT2D eigenvalue weighted by Crippen LogP contribution is -2.49. The molecule has 3 saturated heterocycles. The molecule has 8 heteroatoms. The minimum atomic E-state index is -3.56. The van der Waals surface area contributed by atoms with Gasteiger partial charge in [0.05, 0.1) is 0 Å². The van der Waals surface area contributed by atoms with Gasteiger partial charge in [0, 0.05) is 31.7 Å². The van der Waals surface area contributed by atoms with Crippen LogP contribution in [0.15, 0.2) is 21.7 Å². The van der Waals surface area contributed by atoms with Gasteiger partial charge in [-0.25, -0.2) is 8.42 Å². The fourth-order valence-corrected chi connectivity index (χ4v) is 6.92. The summed E-state index contributed by atoms with van der Waals surface area (Å²) in [6, 6.07) is 3.71. The zero-order valence-electron chi connectivity index (χ0n) is 13.6. The van der Waals surface area contributed by atoms with Gasteiger partial charge < -0.3 is 10.2 Å². The summed E-state index contributed by atoms with van der Waals surface area (Å²) in [6.07, 6.45) is 4.64. The van der Waals surface area contributed by atoms with Crippen molar-refractivity contribution in [2.24, 2.45) is 0 Å². The van der Waals surface area contributed by atoms with Gasteiger partial charge in [-0.3, -0.25) is 4.79 Å². The second-order valence-electron chi connectivity index (χ2n) is 6.92. The largest absolute Gasteiger partial charge is 0.340 e. The first-order chi connectivity index (χ1) is 11.6. The normalized spacial score (nSPS) is 31.3. The Hall–Kier alpha value is -0.960. The molecule has 132 valence electrons. The zero-order valence-corrected chi connectivity index (χ0v) is 15.2. The van der Waals surface area contributed by atoms with Crippen molar-refractivity contribution in [3.8, 4) is 0 Å². The Kier molecular flexibility index (Phi) is 4.40. The predicted molar refractivity (Wildman–Crippen MR) is 92.4 cm³/mol. The summed E-state index contributed by atoms with van der Waals surface area (Å²) >= 11 is 1.21. The number of hydrogen-bond donors (Lipinski definition) is 1. The minimum absolute atomic E-state index is 0.0121. The van der Waals surface area contributed by atoms with Crippen LogP contribution < -0.4 is 5.32 Å². The Morgan fingerprint density at radius 3 is 2.79 bits per heavy atom. The van der Waals surface area contributed by atoms with Crippen molar-refractivity contribution in [1.29, 1.82) is 0 Å². The van der Waals surface area contributed by atoms with E-state index in [1.807, 2.05) is 4.90 Å². The molecule has 4 heterocycles. The lowest BCUT2D eigenvalue weighted by atomic mass is 10.1. The molecule has 3 fully saturated rings. The first-order valence-electron chi connectivity index (χ1n) is 8.66. The molecule has 0 radical (unpaired) electrons. The van der Waals surface area contributed by atoms with Crippen molar-refractivity contribution >= 4 is 27.3 Å². The first kappa shape index (κ1) is 16.5. The number of hydrogen-bond acceptors (Lipinski definition) is 5. The van der Waals surface area contributed by atoms with Crippen LogP contribution in [0.3, 0.4) is 0 Å². The average molecular weight is 370 g/mol. The van der Waals surface area contributed by atoms with Gasteiger partial charge in [-0.1, -0.05) is 6.07 Å². The van der Waals surface area contributed by atoms with Gasteiger partial charge in [0.1, 0.15) is 10.3 Å². The third-order valence-electron chi connectivity index (χ3n) is 5.38. The van der Waals surface area contributed by atoms with Crippen LogP contribution in [0.25, 0.3) is 0 Å². The summed E-state index contributed by atoms with van der Waals surface area (Å²) < 4.78 is 27.4. The van der Waals surface area contributed by atoms with E-state index in [-0.39, 0.29) is 5.91 Å². The topological polar surface area (TPSA) is 69.7 Å². The summed E-state index contributed by atoms with van der Waals surface area (Å²) in [5.41, 5.74) is 0. The van der Waals surface area contributed by atoms with Crippen molar-refractivity contribution in [1.82, 2.24) is 14.5 Å². The molecule has 1 aromatic heterocycles. The molecule has 4 rings (SSSR count). The SMILES string of the molecule is O=C(C1CCCN1S(=O)(=O)c1cccs1)N1CCC2CCC(C1)N2. The molecule has 0 spiro atoms. The Morgan fingerprint density at radius 1 is 1.17 bits per heavy atom. The molecule has 1 amide bonds. The van der Waals surface area contributed by atoms with Gasteiger partial charge in [-0.15, -0.1) is 11.3 Å². The van der Waals surface area contributed by atoms with E-state index in [1.54, 1.807) is 17.5 Å². The van der Waals surface area contributed by atoms with Crippen LogP contribution in [0.5, 0.6) is 0 Å². The smallest absolute Gasteiger partial charge is 0.253 e. The standard InChI is InChI=1S/C16H23N3O3S2/c20-16(18-9-7-12-5-6-13(11-18)17-12)14-3-1-8-19(14)24(21,22)15-4-2-10-23-15/h2,4,10,12-14,17H,1,3,5-9,11H2. The summed E-state index contributed by atoms with van der Waals surface area (Å²) in [7, 11) is -3.56. The van der Waals surface area contributed by atoms with Crippen LogP contribution in [0.2, 0.25) is 0 Å². The molecule has 24 heavy (non-hydrogen) atoms. The van der Waals surface area contributed by atoms with E-state index in [0.29, 0.717) is 35.8 Å². The van der Waals surface area contributed by atoms with Gasteiger partial charge in [-0.05, 0) is 43.6 Å². The first-order valence-corrected chi connectivity index (χ1v) is 11.0. The Labute approximate surface area is 146 Å². The van der Waals surface area contributed by atoms with Gasteiger partial charge in [-0.2, -0.15) is 4.31 Å². The van der Waals surface area contributed by atoms with Crippen LogP contribution in [0, 0.1) is 0 Å². The maximum atomic E-state index is 13.1. The van der Waals surface area contributed by atoms with E-state index in [0.717, 1.165) is 25.8 Å². The molecular formula is C16H23N3O3S2. The van der Waals surface area contributed by atoms with Gasteiger partial charge in [0.25, 0.3) is 10.0 Å². The molecule has 1 N–H and O–H groups in total. The van der Waals surface area contributed by atoms with Gasteiger partial charge >= 0.3 is 0 Å². The van der Waals surface area contributed by atoms with Gasteiger partial charge in [0.2, 0.25) is 5.91 Å². The molecule has 3 unspecified atom stereocenters. The second kappa shape index (κ2) is 6.40. The molecule has 3 atom stereocenters. The van der Waals surface area contributed by atoms with E-state index in [2.05, 4.69) is 5.32 Å². The maximum Gasteiger partial charge on any atom is 0.253 e. The molecule has 0 aliphatic carbocycles. The number of rotatable bonds is 3. The highest BCUT2D eigenvalue weighted by Crippen LogP contribution is 2.30. The van der Waals surface area contributed by atoms with Crippen LogP contribution in [-0.2, 0) is 14.8 Å². The molecule has 0 saturated carbocycles. The van der Waals surface area contributed by atoms with E-state index >= 15 is 0 Å². The Bertz CT molecular complexity index is 704. The summed E-state index contributed by atoms with van der Waals surface area (Å²) in [5.74, 6) is -0.0121. The number of nitrogens with one attached hydrogen (secondary N) is 1. The molecule has 3 aliphatic heterocycles. The number of carbonyl (C=O) groups is 1. The number of likely N-dealkylation sites (tertiary alicyclic amines) is 1. The third-order valence-corrected chi connectivity index (χ3v) is 8.66. The van der Waals surface area contributed by atoms with Crippen LogP contribution in [0.4, 0.5) is 0 Å². The molecule has 3 aliphatic rings. The van der Waals surface area contributed by atoms with Crippen LogP contribution >= 0.6 is 11.3 Å². The maximum absolute atomic E-state index is 13.1. The number of fused-ring (bicyclic) bond motifs is 2. The number of sulfonamides is 1. The summed E-state index contributed by atoms with van der Waals surface area (Å²) in [4.78, 5) is 14.9. The van der Waals surface area contributed by atoms with Crippen molar-refractivity contribution in [3.05, 3.63) is 17.5 Å². The summed E-state index contributed by atoms with van der Waals surface area (Å²) in [5, 5.41) is 5.33. The molecule has 2 bridgehead atoms. The summed E-state index contributed by atoms with van der Waals surface area (Å²) in [6.45, 7) is 1.88. The van der Waals surface area contributed by atoms with Crippen molar-refractivity contribution in [3.63, 3.8) is 0 Å². The van der Waals surface area contributed by atoms with E-state index in [9.17, 15) is 13.2 Å². The fraction of sp³-hybridized carbons (Fsp3) is 0.688. The molecule has 6 nitrogen and oxygen atoms in total. The predicted octanol–water partition coefficient (Wildman–Crippen LogP) is 1.25. The zero-order chi connectivity index (χ0) is 16.7. The third kappa shape index (κ3) is 2.89. The van der Waals surface area contributed by atoms with Crippen molar-refractivity contribution in [2.45, 2.75) is 54.4 Å². The number of nitrogens with zero attached hydrogens (tertiary/aromatic N) is 2. The fourth-order valence-electron chi connectivity index (χ4n) is 4.15. The average Bonchev–Trinajstić information content (AvgIpc) is 3.27. The Morgan fingerprint density at radius 2 is 2.00 bits per heavy atom. The van der Waals surface area contributed by atoms with Crippen LogP contribution in [0.1, 0.15) is 32.1 Å².